The Morgan fingerprint density at radius 3 is 2.47 bits per heavy atom. The minimum Gasteiger partial charge on any atom is -0.339 e. The standard InChI is InChI=1S/C15H19BrFNO/c1-10-8-12(16)11(9-13(10)17)14(19)18-6-4-15(2,3)5-7-18/h8-9H,4-7H2,1-3H3. The highest BCUT2D eigenvalue weighted by Crippen LogP contribution is 2.31. The van der Waals surface area contributed by atoms with Crippen LogP contribution >= 0.6 is 15.9 Å². The maximum absolute atomic E-state index is 13.6. The molecule has 104 valence electrons. The minimum atomic E-state index is -0.330. The summed E-state index contributed by atoms with van der Waals surface area (Å²) in [5.74, 6) is -0.412. The van der Waals surface area contributed by atoms with E-state index in [-0.39, 0.29) is 11.7 Å². The molecule has 0 atom stereocenters. The van der Waals surface area contributed by atoms with Gasteiger partial charge in [0.15, 0.2) is 0 Å². The zero-order chi connectivity index (χ0) is 14.2. The van der Waals surface area contributed by atoms with Crippen LogP contribution in [0.3, 0.4) is 0 Å². The third kappa shape index (κ3) is 3.16. The minimum absolute atomic E-state index is 0.0822. The van der Waals surface area contributed by atoms with Gasteiger partial charge in [0.05, 0.1) is 5.56 Å². The van der Waals surface area contributed by atoms with Gasteiger partial charge in [-0.3, -0.25) is 4.79 Å². The smallest absolute Gasteiger partial charge is 0.255 e. The Morgan fingerprint density at radius 2 is 1.89 bits per heavy atom. The van der Waals surface area contributed by atoms with Gasteiger partial charge in [-0.1, -0.05) is 13.8 Å². The second-order valence-electron chi connectivity index (χ2n) is 6.04. The van der Waals surface area contributed by atoms with Crippen molar-refractivity contribution in [2.75, 3.05) is 13.1 Å². The molecule has 1 aliphatic heterocycles. The number of halogens is 2. The van der Waals surface area contributed by atoms with Gasteiger partial charge in [0.1, 0.15) is 5.82 Å². The van der Waals surface area contributed by atoms with Crippen LogP contribution in [0.15, 0.2) is 16.6 Å². The third-order valence-corrected chi connectivity index (χ3v) is 4.54. The SMILES string of the molecule is Cc1cc(Br)c(C(=O)N2CCC(C)(C)CC2)cc1F. The molecule has 19 heavy (non-hydrogen) atoms. The zero-order valence-corrected chi connectivity index (χ0v) is 13.2. The summed E-state index contributed by atoms with van der Waals surface area (Å²) in [6.45, 7) is 7.62. The molecule has 2 nitrogen and oxygen atoms in total. The van der Waals surface area contributed by atoms with Crippen LogP contribution in [0.2, 0.25) is 0 Å². The number of hydrogen-bond acceptors (Lipinski definition) is 1. The molecule has 0 radical (unpaired) electrons. The molecular weight excluding hydrogens is 309 g/mol. The van der Waals surface area contributed by atoms with E-state index < -0.39 is 0 Å². The quantitative estimate of drug-likeness (QED) is 0.758. The lowest BCUT2D eigenvalue weighted by Crippen LogP contribution is -2.41. The number of hydrogen-bond donors (Lipinski definition) is 0. The first-order valence-corrected chi connectivity index (χ1v) is 7.34. The normalized spacial score (nSPS) is 18.5. The fraction of sp³-hybridized carbons (Fsp3) is 0.533. The maximum atomic E-state index is 13.6. The summed E-state index contributed by atoms with van der Waals surface area (Å²) in [7, 11) is 0. The van der Waals surface area contributed by atoms with Gasteiger partial charge in [-0.25, -0.2) is 4.39 Å². The van der Waals surface area contributed by atoms with Gasteiger partial charge in [-0.05, 0) is 58.8 Å². The second-order valence-corrected chi connectivity index (χ2v) is 6.89. The first kappa shape index (κ1) is 14.5. The highest BCUT2D eigenvalue weighted by molar-refractivity contribution is 9.10. The summed E-state index contributed by atoms with van der Waals surface area (Å²) in [6, 6.07) is 3.00. The maximum Gasteiger partial charge on any atom is 0.255 e. The fourth-order valence-electron chi connectivity index (χ4n) is 2.30. The third-order valence-electron chi connectivity index (χ3n) is 3.88. The molecule has 0 aliphatic carbocycles. The Labute approximate surface area is 122 Å². The molecule has 0 spiro atoms. The predicted octanol–water partition coefficient (Wildman–Crippen LogP) is 4.16. The predicted molar refractivity (Wildman–Crippen MR) is 77.8 cm³/mol. The summed E-state index contributed by atoms with van der Waals surface area (Å²) in [5.41, 5.74) is 1.26. The van der Waals surface area contributed by atoms with Crippen LogP contribution in [0.4, 0.5) is 4.39 Å². The molecule has 1 saturated heterocycles. The van der Waals surface area contributed by atoms with Crippen molar-refractivity contribution in [1.29, 1.82) is 0 Å². The number of benzene rings is 1. The zero-order valence-electron chi connectivity index (χ0n) is 11.6. The number of rotatable bonds is 1. The number of aryl methyl sites for hydroxylation is 1. The van der Waals surface area contributed by atoms with E-state index in [1.165, 1.54) is 6.07 Å². The lowest BCUT2D eigenvalue weighted by atomic mass is 9.82. The molecule has 1 aliphatic rings. The van der Waals surface area contributed by atoms with E-state index in [2.05, 4.69) is 29.8 Å². The summed E-state index contributed by atoms with van der Waals surface area (Å²) in [4.78, 5) is 14.2. The van der Waals surface area contributed by atoms with E-state index in [9.17, 15) is 9.18 Å². The lowest BCUT2D eigenvalue weighted by molar-refractivity contribution is 0.0629. The number of nitrogens with zero attached hydrogens (tertiary/aromatic N) is 1. The molecule has 1 fully saturated rings. The molecule has 1 aromatic rings. The van der Waals surface area contributed by atoms with Crippen molar-refractivity contribution >= 4 is 21.8 Å². The van der Waals surface area contributed by atoms with Gasteiger partial charge in [-0.2, -0.15) is 0 Å². The molecule has 2 rings (SSSR count). The molecule has 0 aromatic heterocycles. The highest BCUT2D eigenvalue weighted by Gasteiger charge is 2.29. The largest absolute Gasteiger partial charge is 0.339 e. The van der Waals surface area contributed by atoms with Gasteiger partial charge in [-0.15, -0.1) is 0 Å². The first-order chi connectivity index (χ1) is 8.80. The number of likely N-dealkylation sites (tertiary alicyclic amines) is 1. The first-order valence-electron chi connectivity index (χ1n) is 6.55. The number of piperidine rings is 1. The van der Waals surface area contributed by atoms with E-state index in [4.69, 9.17) is 0 Å². The van der Waals surface area contributed by atoms with Crippen molar-refractivity contribution in [3.05, 3.63) is 33.5 Å². The van der Waals surface area contributed by atoms with Crippen LogP contribution in [0.5, 0.6) is 0 Å². The summed E-state index contributed by atoms with van der Waals surface area (Å²) < 4.78 is 14.3. The molecule has 0 bridgehead atoms. The molecule has 1 heterocycles. The molecule has 0 unspecified atom stereocenters. The molecule has 4 heteroatoms. The second kappa shape index (κ2) is 5.23. The van der Waals surface area contributed by atoms with Crippen LogP contribution in [-0.4, -0.2) is 23.9 Å². The van der Waals surface area contributed by atoms with Gasteiger partial charge in [0.25, 0.3) is 5.91 Å². The number of carbonyl (C=O) groups is 1. The van der Waals surface area contributed by atoms with E-state index in [0.717, 1.165) is 25.9 Å². The molecule has 1 amide bonds. The summed E-state index contributed by atoms with van der Waals surface area (Å²) in [6.07, 6.45) is 1.98. The van der Waals surface area contributed by atoms with Gasteiger partial charge < -0.3 is 4.90 Å². The van der Waals surface area contributed by atoms with Crippen molar-refractivity contribution in [3.8, 4) is 0 Å². The molecule has 0 N–H and O–H groups in total. The topological polar surface area (TPSA) is 20.3 Å². The van der Waals surface area contributed by atoms with Gasteiger partial charge in [0, 0.05) is 17.6 Å². The van der Waals surface area contributed by atoms with Crippen molar-refractivity contribution < 1.29 is 9.18 Å². The van der Waals surface area contributed by atoms with Crippen LogP contribution in [0.1, 0.15) is 42.6 Å². The Bertz CT molecular complexity index is 503. The number of amides is 1. The molecule has 1 aromatic carbocycles. The summed E-state index contributed by atoms with van der Waals surface area (Å²) in [5, 5.41) is 0. The number of carbonyl (C=O) groups excluding carboxylic acids is 1. The Hall–Kier alpha value is -0.900. The van der Waals surface area contributed by atoms with Crippen molar-refractivity contribution in [2.45, 2.75) is 33.6 Å². The van der Waals surface area contributed by atoms with Crippen LogP contribution < -0.4 is 0 Å². The highest BCUT2D eigenvalue weighted by atomic mass is 79.9. The van der Waals surface area contributed by atoms with Crippen molar-refractivity contribution in [3.63, 3.8) is 0 Å². The van der Waals surface area contributed by atoms with E-state index >= 15 is 0 Å². The van der Waals surface area contributed by atoms with Crippen molar-refractivity contribution in [1.82, 2.24) is 4.90 Å². The van der Waals surface area contributed by atoms with Crippen LogP contribution in [0, 0.1) is 18.2 Å². The van der Waals surface area contributed by atoms with Crippen LogP contribution in [0.25, 0.3) is 0 Å². The van der Waals surface area contributed by atoms with E-state index in [1.807, 2.05) is 4.90 Å². The monoisotopic (exact) mass is 327 g/mol. The average molecular weight is 328 g/mol. The Morgan fingerprint density at radius 1 is 1.32 bits per heavy atom. The van der Waals surface area contributed by atoms with E-state index in [1.54, 1.807) is 13.0 Å². The van der Waals surface area contributed by atoms with E-state index in [0.29, 0.717) is 21.0 Å². The van der Waals surface area contributed by atoms with Crippen LogP contribution in [-0.2, 0) is 0 Å². The fourth-order valence-corrected chi connectivity index (χ4v) is 2.92. The van der Waals surface area contributed by atoms with Gasteiger partial charge in [0.2, 0.25) is 0 Å². The molecular formula is C15H19BrFNO. The summed E-state index contributed by atoms with van der Waals surface area (Å²) >= 11 is 3.36. The van der Waals surface area contributed by atoms with Crippen molar-refractivity contribution in [2.24, 2.45) is 5.41 Å². The van der Waals surface area contributed by atoms with Gasteiger partial charge >= 0.3 is 0 Å². The molecule has 0 saturated carbocycles. The lowest BCUT2D eigenvalue weighted by Gasteiger charge is -2.37. The Kier molecular flexibility index (Phi) is 4.00. The Balaban J connectivity index is 2.19. The average Bonchev–Trinajstić information content (AvgIpc) is 2.33.